The molecule has 1 atom stereocenters. The summed E-state index contributed by atoms with van der Waals surface area (Å²) in [6.45, 7) is 1.03. The fraction of sp³-hybridized carbons (Fsp3) is 0.714. The summed E-state index contributed by atoms with van der Waals surface area (Å²) in [5.74, 6) is 3.40. The smallest absolute Gasteiger partial charge is 0.204 e. The highest BCUT2D eigenvalue weighted by Crippen LogP contribution is 2.23. The maximum Gasteiger partial charge on any atom is 0.204 e. The van der Waals surface area contributed by atoms with Gasteiger partial charge in [0.05, 0.1) is 0 Å². The fourth-order valence-electron chi connectivity index (χ4n) is 1.28. The third-order valence-electron chi connectivity index (χ3n) is 2.00. The Morgan fingerprint density at radius 2 is 2.62 bits per heavy atom. The average molecular weight is 233 g/mol. The number of anilines is 1. The standard InChI is InChI=1S/C7H11N3S3/c11-7-10-9-6(13-7)8-3-5-1-2-12-4-5/h5H,1-4H2,(H,8,9)(H,10,11). The summed E-state index contributed by atoms with van der Waals surface area (Å²) >= 11 is 8.48. The summed E-state index contributed by atoms with van der Waals surface area (Å²) < 4.78 is 0.739. The molecule has 0 aliphatic carbocycles. The molecule has 72 valence electrons. The van der Waals surface area contributed by atoms with E-state index in [2.05, 4.69) is 15.5 Å². The number of aromatic nitrogens is 2. The van der Waals surface area contributed by atoms with E-state index < -0.39 is 0 Å². The molecule has 2 N–H and O–H groups in total. The van der Waals surface area contributed by atoms with Gasteiger partial charge in [-0.05, 0) is 36.1 Å². The third kappa shape index (κ3) is 2.69. The van der Waals surface area contributed by atoms with Gasteiger partial charge in [0.15, 0.2) is 3.95 Å². The van der Waals surface area contributed by atoms with Crippen LogP contribution in [0, 0.1) is 9.87 Å². The summed E-state index contributed by atoms with van der Waals surface area (Å²) in [5, 5.41) is 11.0. The first kappa shape index (κ1) is 9.48. The number of H-pyrrole nitrogens is 1. The molecule has 0 radical (unpaired) electrons. The van der Waals surface area contributed by atoms with Crippen molar-refractivity contribution in [3.8, 4) is 0 Å². The van der Waals surface area contributed by atoms with Crippen LogP contribution in [0.5, 0.6) is 0 Å². The lowest BCUT2D eigenvalue weighted by atomic mass is 10.1. The van der Waals surface area contributed by atoms with E-state index in [1.165, 1.54) is 29.3 Å². The van der Waals surface area contributed by atoms with Gasteiger partial charge in [0.2, 0.25) is 5.13 Å². The summed E-state index contributed by atoms with van der Waals surface area (Å²) in [6, 6.07) is 0. The van der Waals surface area contributed by atoms with E-state index in [0.717, 1.165) is 21.5 Å². The van der Waals surface area contributed by atoms with Crippen molar-refractivity contribution in [3.05, 3.63) is 3.95 Å². The molecular formula is C7H11N3S3. The molecule has 1 fully saturated rings. The molecule has 1 saturated heterocycles. The molecule has 13 heavy (non-hydrogen) atoms. The zero-order valence-corrected chi connectivity index (χ0v) is 9.53. The topological polar surface area (TPSA) is 40.7 Å². The van der Waals surface area contributed by atoms with Crippen LogP contribution in [0.2, 0.25) is 0 Å². The van der Waals surface area contributed by atoms with Gasteiger partial charge in [0.25, 0.3) is 0 Å². The minimum Gasteiger partial charge on any atom is -0.360 e. The second kappa shape index (κ2) is 4.43. The number of hydrogen-bond donors (Lipinski definition) is 2. The molecule has 1 aliphatic heterocycles. The minimum absolute atomic E-state index is 0.739. The summed E-state index contributed by atoms with van der Waals surface area (Å²) in [5.41, 5.74) is 0. The SMILES string of the molecule is S=c1[nH]nc(NCC2CCSC2)s1. The van der Waals surface area contributed by atoms with E-state index in [4.69, 9.17) is 12.2 Å². The Labute approximate surface area is 90.3 Å². The largest absolute Gasteiger partial charge is 0.360 e. The van der Waals surface area contributed by atoms with Crippen molar-refractivity contribution >= 4 is 40.4 Å². The van der Waals surface area contributed by atoms with E-state index in [9.17, 15) is 0 Å². The Kier molecular flexibility index (Phi) is 3.23. The fourth-order valence-corrected chi connectivity index (χ4v) is 3.36. The lowest BCUT2D eigenvalue weighted by molar-refractivity contribution is 0.631. The van der Waals surface area contributed by atoms with E-state index in [-0.39, 0.29) is 0 Å². The van der Waals surface area contributed by atoms with Crippen molar-refractivity contribution in [2.45, 2.75) is 6.42 Å². The molecule has 0 saturated carbocycles. The molecule has 2 rings (SSSR count). The molecule has 1 aliphatic rings. The molecule has 1 aromatic heterocycles. The molecule has 0 amide bonds. The highest BCUT2D eigenvalue weighted by atomic mass is 32.2. The van der Waals surface area contributed by atoms with Crippen molar-refractivity contribution in [1.82, 2.24) is 10.2 Å². The van der Waals surface area contributed by atoms with Crippen LogP contribution >= 0.6 is 35.3 Å². The van der Waals surface area contributed by atoms with Crippen LogP contribution in [0.3, 0.4) is 0 Å². The van der Waals surface area contributed by atoms with Crippen LogP contribution in [-0.4, -0.2) is 28.2 Å². The van der Waals surface area contributed by atoms with Gasteiger partial charge in [0, 0.05) is 6.54 Å². The van der Waals surface area contributed by atoms with Crippen LogP contribution in [0.4, 0.5) is 5.13 Å². The van der Waals surface area contributed by atoms with Gasteiger partial charge >= 0.3 is 0 Å². The molecular weight excluding hydrogens is 222 g/mol. The number of aromatic amines is 1. The second-order valence-electron chi connectivity index (χ2n) is 3.03. The van der Waals surface area contributed by atoms with E-state index in [1.807, 2.05) is 11.8 Å². The summed E-state index contributed by atoms with van der Waals surface area (Å²) in [7, 11) is 0. The van der Waals surface area contributed by atoms with Gasteiger partial charge in [0.1, 0.15) is 0 Å². The zero-order valence-electron chi connectivity index (χ0n) is 7.08. The van der Waals surface area contributed by atoms with Crippen LogP contribution in [0.15, 0.2) is 0 Å². The molecule has 0 bridgehead atoms. The highest BCUT2D eigenvalue weighted by molar-refractivity contribution is 7.99. The lowest BCUT2D eigenvalue weighted by Crippen LogP contribution is -2.13. The lowest BCUT2D eigenvalue weighted by Gasteiger charge is -2.07. The van der Waals surface area contributed by atoms with Crippen molar-refractivity contribution in [2.24, 2.45) is 5.92 Å². The van der Waals surface area contributed by atoms with Crippen LogP contribution in [0.1, 0.15) is 6.42 Å². The highest BCUT2D eigenvalue weighted by Gasteiger charge is 2.15. The first-order valence-corrected chi connectivity index (χ1v) is 6.59. The second-order valence-corrected chi connectivity index (χ2v) is 5.84. The van der Waals surface area contributed by atoms with Gasteiger partial charge < -0.3 is 5.32 Å². The molecule has 2 heterocycles. The minimum atomic E-state index is 0.739. The van der Waals surface area contributed by atoms with Gasteiger partial charge in [-0.15, -0.1) is 5.10 Å². The van der Waals surface area contributed by atoms with Crippen LogP contribution < -0.4 is 5.32 Å². The Morgan fingerprint density at radius 1 is 1.69 bits per heavy atom. The zero-order chi connectivity index (χ0) is 9.10. The summed E-state index contributed by atoms with van der Waals surface area (Å²) in [6.07, 6.45) is 1.33. The normalized spacial score (nSPS) is 22.0. The molecule has 0 aromatic carbocycles. The van der Waals surface area contributed by atoms with E-state index in [1.54, 1.807) is 0 Å². The predicted octanol–water partition coefficient (Wildman–Crippen LogP) is 2.37. The van der Waals surface area contributed by atoms with Crippen molar-refractivity contribution in [3.63, 3.8) is 0 Å². The predicted molar refractivity (Wildman–Crippen MR) is 61.2 cm³/mol. The Hall–Kier alpha value is -0.0700. The number of thioether (sulfide) groups is 1. The maximum atomic E-state index is 4.94. The first-order valence-electron chi connectivity index (χ1n) is 4.22. The van der Waals surface area contributed by atoms with Crippen molar-refractivity contribution in [1.29, 1.82) is 0 Å². The summed E-state index contributed by atoms with van der Waals surface area (Å²) in [4.78, 5) is 0. The number of nitrogens with one attached hydrogen (secondary N) is 2. The monoisotopic (exact) mass is 233 g/mol. The van der Waals surface area contributed by atoms with Crippen LogP contribution in [0.25, 0.3) is 0 Å². The number of rotatable bonds is 3. The Morgan fingerprint density at radius 3 is 3.23 bits per heavy atom. The molecule has 1 unspecified atom stereocenters. The number of hydrogen-bond acceptors (Lipinski definition) is 5. The van der Waals surface area contributed by atoms with Crippen LogP contribution in [-0.2, 0) is 0 Å². The number of nitrogens with zero attached hydrogens (tertiary/aromatic N) is 1. The quantitative estimate of drug-likeness (QED) is 0.786. The third-order valence-corrected chi connectivity index (χ3v) is 4.28. The Balaban J connectivity index is 1.82. The molecule has 1 aromatic rings. The van der Waals surface area contributed by atoms with Crippen molar-refractivity contribution < 1.29 is 0 Å². The van der Waals surface area contributed by atoms with Gasteiger partial charge in [-0.1, -0.05) is 11.3 Å². The first-order chi connectivity index (χ1) is 6.34. The molecule has 0 spiro atoms. The van der Waals surface area contributed by atoms with Gasteiger partial charge in [-0.3, -0.25) is 5.10 Å². The van der Waals surface area contributed by atoms with Crippen molar-refractivity contribution in [2.75, 3.05) is 23.4 Å². The van der Waals surface area contributed by atoms with Gasteiger partial charge in [-0.2, -0.15) is 11.8 Å². The molecule has 3 nitrogen and oxygen atoms in total. The Bertz CT molecular complexity index is 313. The van der Waals surface area contributed by atoms with Gasteiger partial charge in [-0.25, -0.2) is 0 Å². The van der Waals surface area contributed by atoms with E-state index >= 15 is 0 Å². The van der Waals surface area contributed by atoms with E-state index in [0.29, 0.717) is 0 Å². The maximum absolute atomic E-state index is 4.94. The molecule has 6 heteroatoms. The average Bonchev–Trinajstić information content (AvgIpc) is 2.71.